The molecule has 9 heteroatoms. The second-order valence-electron chi connectivity index (χ2n) is 7.64. The van der Waals surface area contributed by atoms with E-state index in [9.17, 15) is 14.4 Å². The van der Waals surface area contributed by atoms with E-state index in [1.807, 2.05) is 19.9 Å². The molecule has 0 aliphatic carbocycles. The van der Waals surface area contributed by atoms with Gasteiger partial charge in [0.1, 0.15) is 16.5 Å². The molecule has 35 heavy (non-hydrogen) atoms. The fraction of sp³-hybridized carbons (Fsp3) is 0.269. The number of nitrogens with one attached hydrogen (secondary N) is 2. The van der Waals surface area contributed by atoms with Crippen molar-refractivity contribution in [1.82, 2.24) is 0 Å². The number of aryl methyl sites for hydroxylation is 1. The van der Waals surface area contributed by atoms with Crippen LogP contribution in [0.25, 0.3) is 0 Å². The number of carbonyl (C=O) groups excluding carboxylic acids is 3. The minimum absolute atomic E-state index is 0.247. The second kappa shape index (κ2) is 11.5. The number of benzene rings is 2. The standard InChI is InChI=1S/C26H28N2O6S/c1-6-33-26(31)22-15(2)17(4)35-25(22)28-24(30)18-11-13-19(14-12-18)34-16(3)23(29)27-20-9-7-8-10-21(20)32-5/h7-14,16H,6H2,1-5H3,(H,27,29)(H,28,30). The molecule has 0 saturated heterocycles. The number of hydrogen-bond acceptors (Lipinski definition) is 7. The van der Waals surface area contributed by atoms with Gasteiger partial charge in [-0.3, -0.25) is 9.59 Å². The van der Waals surface area contributed by atoms with Gasteiger partial charge in [-0.15, -0.1) is 11.3 Å². The molecule has 184 valence electrons. The van der Waals surface area contributed by atoms with E-state index in [0.29, 0.717) is 33.3 Å². The molecule has 1 atom stereocenters. The quantitative estimate of drug-likeness (QED) is 0.394. The minimum Gasteiger partial charge on any atom is -0.495 e. The first-order valence-corrected chi connectivity index (χ1v) is 11.9. The predicted molar refractivity (Wildman–Crippen MR) is 136 cm³/mol. The maximum absolute atomic E-state index is 12.8. The number of methoxy groups -OCH3 is 1. The van der Waals surface area contributed by atoms with E-state index in [0.717, 1.165) is 10.4 Å². The van der Waals surface area contributed by atoms with Crippen LogP contribution in [0.2, 0.25) is 0 Å². The Labute approximate surface area is 208 Å². The number of esters is 1. The van der Waals surface area contributed by atoms with Gasteiger partial charge in [0.25, 0.3) is 11.8 Å². The molecule has 3 aromatic rings. The fourth-order valence-corrected chi connectivity index (χ4v) is 4.31. The van der Waals surface area contributed by atoms with Crippen molar-refractivity contribution >= 4 is 39.8 Å². The molecule has 0 aliphatic heterocycles. The summed E-state index contributed by atoms with van der Waals surface area (Å²) in [6.45, 7) is 7.32. The zero-order chi connectivity index (χ0) is 25.5. The number of ether oxygens (including phenoxy) is 3. The Balaban J connectivity index is 1.65. The second-order valence-corrected chi connectivity index (χ2v) is 8.86. The average Bonchev–Trinajstić information content (AvgIpc) is 3.12. The molecule has 8 nitrogen and oxygen atoms in total. The fourth-order valence-electron chi connectivity index (χ4n) is 3.26. The van der Waals surface area contributed by atoms with Crippen LogP contribution in [-0.2, 0) is 9.53 Å². The summed E-state index contributed by atoms with van der Waals surface area (Å²) in [5, 5.41) is 6.03. The summed E-state index contributed by atoms with van der Waals surface area (Å²) < 4.78 is 16.1. The number of carbonyl (C=O) groups is 3. The monoisotopic (exact) mass is 496 g/mol. The molecule has 0 spiro atoms. The van der Waals surface area contributed by atoms with E-state index in [1.165, 1.54) is 18.4 Å². The van der Waals surface area contributed by atoms with Crippen LogP contribution in [-0.4, -0.2) is 37.6 Å². The van der Waals surface area contributed by atoms with Crippen LogP contribution in [0.5, 0.6) is 11.5 Å². The van der Waals surface area contributed by atoms with Gasteiger partial charge < -0.3 is 24.8 Å². The van der Waals surface area contributed by atoms with Crippen molar-refractivity contribution in [2.45, 2.75) is 33.8 Å². The first-order chi connectivity index (χ1) is 16.7. The van der Waals surface area contributed by atoms with Crippen molar-refractivity contribution in [3.05, 3.63) is 70.1 Å². The number of para-hydroxylation sites is 2. The molecule has 3 rings (SSSR count). The van der Waals surface area contributed by atoms with Crippen LogP contribution >= 0.6 is 11.3 Å². The average molecular weight is 497 g/mol. The number of anilines is 2. The molecule has 1 heterocycles. The largest absolute Gasteiger partial charge is 0.495 e. The lowest BCUT2D eigenvalue weighted by Crippen LogP contribution is -2.30. The highest BCUT2D eigenvalue weighted by atomic mass is 32.1. The first kappa shape index (κ1) is 25.8. The van der Waals surface area contributed by atoms with Crippen molar-refractivity contribution in [3.63, 3.8) is 0 Å². The Morgan fingerprint density at radius 3 is 2.34 bits per heavy atom. The summed E-state index contributed by atoms with van der Waals surface area (Å²) in [5.41, 5.74) is 2.08. The molecule has 2 aromatic carbocycles. The zero-order valence-corrected chi connectivity index (χ0v) is 21.1. The molecule has 1 aromatic heterocycles. The first-order valence-electron chi connectivity index (χ1n) is 11.0. The van der Waals surface area contributed by atoms with E-state index in [-0.39, 0.29) is 18.4 Å². The van der Waals surface area contributed by atoms with Gasteiger partial charge in [-0.1, -0.05) is 12.1 Å². The van der Waals surface area contributed by atoms with Gasteiger partial charge in [0.2, 0.25) is 0 Å². The van der Waals surface area contributed by atoms with E-state index >= 15 is 0 Å². The van der Waals surface area contributed by atoms with Gasteiger partial charge in [0, 0.05) is 10.4 Å². The summed E-state index contributed by atoms with van der Waals surface area (Å²) in [6.07, 6.45) is -0.788. The number of rotatable bonds is 9. The van der Waals surface area contributed by atoms with E-state index in [4.69, 9.17) is 14.2 Å². The third kappa shape index (κ3) is 6.19. The number of thiophene rings is 1. The molecular weight excluding hydrogens is 468 g/mol. The number of hydrogen-bond donors (Lipinski definition) is 2. The predicted octanol–water partition coefficient (Wildman–Crippen LogP) is 5.21. The lowest BCUT2D eigenvalue weighted by atomic mass is 10.1. The summed E-state index contributed by atoms with van der Waals surface area (Å²) >= 11 is 1.33. The van der Waals surface area contributed by atoms with Crippen molar-refractivity contribution in [2.75, 3.05) is 24.4 Å². The van der Waals surface area contributed by atoms with Crippen LogP contribution in [0.3, 0.4) is 0 Å². The zero-order valence-electron chi connectivity index (χ0n) is 20.3. The molecule has 1 unspecified atom stereocenters. The maximum Gasteiger partial charge on any atom is 0.341 e. The molecule has 2 amide bonds. The van der Waals surface area contributed by atoms with Gasteiger partial charge >= 0.3 is 5.97 Å². The van der Waals surface area contributed by atoms with Gasteiger partial charge in [0.05, 0.1) is 25.0 Å². The summed E-state index contributed by atoms with van der Waals surface area (Å²) in [6, 6.07) is 13.5. The van der Waals surface area contributed by atoms with Crippen molar-refractivity contribution < 1.29 is 28.6 Å². The molecule has 0 bridgehead atoms. The third-order valence-corrected chi connectivity index (χ3v) is 6.38. The topological polar surface area (TPSA) is 103 Å². The lowest BCUT2D eigenvalue weighted by Gasteiger charge is -2.16. The number of amides is 2. The Morgan fingerprint density at radius 2 is 1.69 bits per heavy atom. The van der Waals surface area contributed by atoms with E-state index < -0.39 is 12.1 Å². The summed E-state index contributed by atoms with van der Waals surface area (Å²) in [4.78, 5) is 38.6. The smallest absolute Gasteiger partial charge is 0.341 e. The van der Waals surface area contributed by atoms with Crippen molar-refractivity contribution in [1.29, 1.82) is 0 Å². The highest BCUT2D eigenvalue weighted by molar-refractivity contribution is 7.16. The molecule has 2 N–H and O–H groups in total. The molecule has 0 aliphatic rings. The highest BCUT2D eigenvalue weighted by Crippen LogP contribution is 2.33. The Morgan fingerprint density at radius 1 is 1.00 bits per heavy atom. The van der Waals surface area contributed by atoms with Gasteiger partial charge in [0.15, 0.2) is 6.10 Å². The SMILES string of the molecule is CCOC(=O)c1c(NC(=O)c2ccc(OC(C)C(=O)Nc3ccccc3OC)cc2)sc(C)c1C. The van der Waals surface area contributed by atoms with Gasteiger partial charge in [-0.2, -0.15) is 0 Å². The Hall–Kier alpha value is -3.85. The normalized spacial score (nSPS) is 11.3. The van der Waals surface area contributed by atoms with Crippen LogP contribution in [0, 0.1) is 13.8 Å². The van der Waals surface area contributed by atoms with Crippen LogP contribution in [0.4, 0.5) is 10.7 Å². The molecule has 0 radical (unpaired) electrons. The van der Waals surface area contributed by atoms with E-state index in [1.54, 1.807) is 56.3 Å². The van der Waals surface area contributed by atoms with Gasteiger partial charge in [-0.25, -0.2) is 4.79 Å². The molecular formula is C26H28N2O6S. The Bertz CT molecular complexity index is 1220. The highest BCUT2D eigenvalue weighted by Gasteiger charge is 2.23. The third-order valence-electron chi connectivity index (χ3n) is 5.26. The van der Waals surface area contributed by atoms with Crippen molar-refractivity contribution in [2.24, 2.45) is 0 Å². The summed E-state index contributed by atoms with van der Waals surface area (Å²) in [7, 11) is 1.53. The van der Waals surface area contributed by atoms with Gasteiger partial charge in [-0.05, 0) is 69.7 Å². The summed E-state index contributed by atoms with van der Waals surface area (Å²) in [5.74, 6) is -0.199. The lowest BCUT2D eigenvalue weighted by molar-refractivity contribution is -0.122. The van der Waals surface area contributed by atoms with E-state index in [2.05, 4.69) is 10.6 Å². The molecule has 0 saturated carbocycles. The minimum atomic E-state index is -0.788. The molecule has 0 fully saturated rings. The van der Waals surface area contributed by atoms with Crippen LogP contribution in [0.1, 0.15) is 45.0 Å². The Kier molecular flexibility index (Phi) is 8.48. The maximum atomic E-state index is 12.8. The van der Waals surface area contributed by atoms with Crippen LogP contribution < -0.4 is 20.1 Å². The van der Waals surface area contributed by atoms with Crippen molar-refractivity contribution in [3.8, 4) is 11.5 Å². The van der Waals surface area contributed by atoms with Crippen LogP contribution in [0.15, 0.2) is 48.5 Å².